The third kappa shape index (κ3) is 2.21. The van der Waals surface area contributed by atoms with E-state index in [0.29, 0.717) is 5.39 Å². The van der Waals surface area contributed by atoms with Gasteiger partial charge in [-0.15, -0.1) is 0 Å². The van der Waals surface area contributed by atoms with E-state index in [2.05, 4.69) is 4.18 Å². The summed E-state index contributed by atoms with van der Waals surface area (Å²) < 4.78 is 27.7. The maximum absolute atomic E-state index is 11.6. The van der Waals surface area contributed by atoms with Gasteiger partial charge in [-0.2, -0.15) is 21.9 Å². The molecule has 0 fully saturated rings. The van der Waals surface area contributed by atoms with Crippen LogP contribution in [0.5, 0.6) is 0 Å². The minimum atomic E-state index is -3.62. The van der Waals surface area contributed by atoms with E-state index in [-0.39, 0.29) is 18.4 Å². The van der Waals surface area contributed by atoms with E-state index in [1.165, 1.54) is 0 Å². The van der Waals surface area contributed by atoms with E-state index in [1.807, 2.05) is 18.2 Å². The Labute approximate surface area is 102 Å². The summed E-state index contributed by atoms with van der Waals surface area (Å²) in [5.74, 6) is 0. The third-order valence-corrected chi connectivity index (χ3v) is 3.57. The van der Waals surface area contributed by atoms with E-state index in [4.69, 9.17) is 0 Å². The molecule has 0 heterocycles. The molecule has 0 saturated heterocycles. The second-order valence-corrected chi connectivity index (χ2v) is 4.78. The first-order chi connectivity index (χ1) is 7.15. The molecule has 0 aliphatic carbocycles. The first-order valence-corrected chi connectivity index (χ1v) is 5.84. The van der Waals surface area contributed by atoms with Gasteiger partial charge in [0, 0.05) is 5.39 Å². The lowest BCUT2D eigenvalue weighted by atomic mass is 10.1. The van der Waals surface area contributed by atoms with Crippen LogP contribution >= 0.6 is 13.5 Å². The Kier molecular flexibility index (Phi) is 3.96. The molecular weight excluding hydrogens is 244 g/mol. The minimum Gasteiger partial charge on any atom is -0.270 e. The number of benzene rings is 2. The average molecular weight is 256 g/mol. The van der Waals surface area contributed by atoms with Crippen molar-refractivity contribution in [2.24, 2.45) is 0 Å². The predicted octanol–water partition coefficient (Wildman–Crippen LogP) is 2.29. The van der Waals surface area contributed by atoms with Gasteiger partial charge in [-0.1, -0.05) is 36.4 Å². The number of fused-ring (bicyclic) bond motifs is 1. The van der Waals surface area contributed by atoms with Crippen molar-refractivity contribution < 1.29 is 12.6 Å². The summed E-state index contributed by atoms with van der Waals surface area (Å²) in [5, 5.41) is 1.57. The fourth-order valence-corrected chi connectivity index (χ4v) is 2.38. The molecule has 2 aromatic rings. The van der Waals surface area contributed by atoms with Crippen molar-refractivity contribution in [3.63, 3.8) is 0 Å². The molecule has 0 radical (unpaired) electrons. The Morgan fingerprint density at radius 1 is 1.00 bits per heavy atom. The quantitative estimate of drug-likeness (QED) is 0.774. The molecule has 0 atom stereocenters. The molecule has 0 aromatic heterocycles. The lowest BCUT2D eigenvalue weighted by Gasteiger charge is -2.05. The highest BCUT2D eigenvalue weighted by molar-refractivity contribution is 7.87. The zero-order valence-corrected chi connectivity index (χ0v) is 10.5. The van der Waals surface area contributed by atoms with Gasteiger partial charge in [-0.3, -0.25) is 4.18 Å². The summed E-state index contributed by atoms with van der Waals surface area (Å²) in [4.78, 5) is 0.211. The van der Waals surface area contributed by atoms with E-state index in [1.54, 1.807) is 24.3 Å². The van der Waals surface area contributed by atoms with E-state index in [0.717, 1.165) is 12.5 Å². The Morgan fingerprint density at radius 2 is 1.62 bits per heavy atom. The third-order valence-electron chi connectivity index (χ3n) is 2.24. The lowest BCUT2D eigenvalue weighted by Crippen LogP contribution is -2.03. The first-order valence-electron chi connectivity index (χ1n) is 4.43. The van der Waals surface area contributed by atoms with Gasteiger partial charge in [0.25, 0.3) is 10.1 Å². The van der Waals surface area contributed by atoms with Gasteiger partial charge >= 0.3 is 0 Å². The van der Waals surface area contributed by atoms with Gasteiger partial charge in [-0.05, 0) is 11.5 Å². The first kappa shape index (κ1) is 13.0. The second kappa shape index (κ2) is 4.86. The van der Waals surface area contributed by atoms with Crippen molar-refractivity contribution in [2.75, 3.05) is 7.11 Å². The molecule has 0 bridgehead atoms. The van der Waals surface area contributed by atoms with Gasteiger partial charge in [0.2, 0.25) is 0 Å². The average Bonchev–Trinajstić information content (AvgIpc) is 2.28. The smallest absolute Gasteiger partial charge is 0.270 e. The van der Waals surface area contributed by atoms with Gasteiger partial charge < -0.3 is 0 Å². The molecule has 0 saturated carbocycles. The van der Waals surface area contributed by atoms with Crippen LogP contribution in [0.4, 0.5) is 0 Å². The van der Waals surface area contributed by atoms with Crippen molar-refractivity contribution in [3.05, 3.63) is 42.5 Å². The second-order valence-electron chi connectivity index (χ2n) is 3.10. The van der Waals surface area contributed by atoms with Crippen LogP contribution in [0.1, 0.15) is 0 Å². The summed E-state index contributed by atoms with van der Waals surface area (Å²) in [6.45, 7) is 0. The van der Waals surface area contributed by atoms with Gasteiger partial charge in [0.1, 0.15) is 4.90 Å². The Morgan fingerprint density at radius 3 is 2.31 bits per heavy atom. The monoisotopic (exact) mass is 256 g/mol. The lowest BCUT2D eigenvalue weighted by molar-refractivity contribution is 0.398. The fourth-order valence-electron chi connectivity index (χ4n) is 1.50. The molecule has 86 valence electrons. The van der Waals surface area contributed by atoms with Crippen LogP contribution in [-0.2, 0) is 14.3 Å². The molecule has 0 unspecified atom stereocenters. The highest BCUT2D eigenvalue weighted by atomic mass is 32.2. The maximum atomic E-state index is 11.6. The Hall–Kier alpha value is -1.04. The SMILES string of the molecule is COS(=O)(=O)c1cccc2ccccc12.S. The number of hydrogen-bond acceptors (Lipinski definition) is 3. The van der Waals surface area contributed by atoms with Crippen molar-refractivity contribution in [1.82, 2.24) is 0 Å². The van der Waals surface area contributed by atoms with Crippen molar-refractivity contribution in [3.8, 4) is 0 Å². The molecule has 5 heteroatoms. The van der Waals surface area contributed by atoms with Crippen LogP contribution in [0.3, 0.4) is 0 Å². The van der Waals surface area contributed by atoms with Gasteiger partial charge in [-0.25, -0.2) is 0 Å². The molecule has 0 amide bonds. The molecule has 2 rings (SSSR count). The highest BCUT2D eigenvalue weighted by Crippen LogP contribution is 2.23. The summed E-state index contributed by atoms with van der Waals surface area (Å²) in [5.41, 5.74) is 0. The van der Waals surface area contributed by atoms with Crippen molar-refractivity contribution in [2.45, 2.75) is 4.90 Å². The van der Waals surface area contributed by atoms with Crippen LogP contribution in [0, 0.1) is 0 Å². The molecule has 2 aromatic carbocycles. The predicted molar refractivity (Wildman–Crippen MR) is 68.5 cm³/mol. The molecule has 0 spiro atoms. The molecular formula is C11H12O3S2. The summed E-state index contributed by atoms with van der Waals surface area (Å²) >= 11 is 0. The van der Waals surface area contributed by atoms with Crippen LogP contribution in [0.25, 0.3) is 10.8 Å². The summed E-state index contributed by atoms with van der Waals surface area (Å²) in [6.07, 6.45) is 0. The van der Waals surface area contributed by atoms with Gasteiger partial charge in [0.05, 0.1) is 7.11 Å². The van der Waals surface area contributed by atoms with E-state index in [9.17, 15) is 8.42 Å². The van der Waals surface area contributed by atoms with E-state index < -0.39 is 10.1 Å². The normalized spacial score (nSPS) is 11.1. The van der Waals surface area contributed by atoms with Gasteiger partial charge in [0.15, 0.2) is 0 Å². The maximum Gasteiger partial charge on any atom is 0.297 e. The number of hydrogen-bond donors (Lipinski definition) is 0. The summed E-state index contributed by atoms with van der Waals surface area (Å²) in [7, 11) is -2.46. The molecule has 0 aliphatic heterocycles. The molecule has 0 N–H and O–H groups in total. The zero-order chi connectivity index (χ0) is 10.9. The highest BCUT2D eigenvalue weighted by Gasteiger charge is 2.15. The van der Waals surface area contributed by atoms with Crippen molar-refractivity contribution >= 4 is 34.4 Å². The van der Waals surface area contributed by atoms with Crippen LogP contribution in [0.2, 0.25) is 0 Å². The van der Waals surface area contributed by atoms with E-state index >= 15 is 0 Å². The Balaban J connectivity index is 0.00000128. The number of rotatable bonds is 2. The standard InChI is InChI=1S/C11H10O3S.H2S/c1-14-15(12,13)11-8-4-6-9-5-2-3-7-10(9)11;/h2-8H,1H3;1H2. The Bertz CT molecular complexity index is 586. The van der Waals surface area contributed by atoms with Crippen LogP contribution in [0.15, 0.2) is 47.4 Å². The van der Waals surface area contributed by atoms with Crippen molar-refractivity contribution in [1.29, 1.82) is 0 Å². The topological polar surface area (TPSA) is 43.4 Å². The largest absolute Gasteiger partial charge is 0.297 e. The molecule has 16 heavy (non-hydrogen) atoms. The van der Waals surface area contributed by atoms with Crippen LogP contribution in [-0.4, -0.2) is 15.5 Å². The minimum absolute atomic E-state index is 0. The summed E-state index contributed by atoms with van der Waals surface area (Å²) in [6, 6.07) is 12.4. The molecule has 0 aliphatic rings. The zero-order valence-electron chi connectivity index (χ0n) is 8.67. The van der Waals surface area contributed by atoms with Crippen LogP contribution < -0.4 is 0 Å². The molecule has 3 nitrogen and oxygen atoms in total. The fraction of sp³-hybridized carbons (Fsp3) is 0.0909.